The summed E-state index contributed by atoms with van der Waals surface area (Å²) < 4.78 is 10.5. The Balaban J connectivity index is 2.08. The first kappa shape index (κ1) is 13.9. The summed E-state index contributed by atoms with van der Waals surface area (Å²) in [5.74, 6) is 1.99. The van der Waals surface area contributed by atoms with Crippen molar-refractivity contribution in [3.8, 4) is 0 Å². The highest BCUT2D eigenvalue weighted by Gasteiger charge is 2.28. The number of likely N-dealkylation sites (N-methyl/N-ethyl adjacent to an activating group) is 1. The number of rotatable bonds is 5. The molecule has 1 aliphatic heterocycles. The lowest BCUT2D eigenvalue weighted by Gasteiger charge is -2.26. The number of nitrogens with zero attached hydrogens (tertiary/aromatic N) is 3. The molecule has 2 rings (SSSR count). The van der Waals surface area contributed by atoms with E-state index in [0.29, 0.717) is 17.7 Å². The van der Waals surface area contributed by atoms with Crippen LogP contribution in [0.5, 0.6) is 0 Å². The molecule has 0 aromatic carbocycles. The van der Waals surface area contributed by atoms with Crippen LogP contribution in [0.15, 0.2) is 22.1 Å². The van der Waals surface area contributed by atoms with E-state index in [-0.39, 0.29) is 6.04 Å². The van der Waals surface area contributed by atoms with E-state index in [4.69, 9.17) is 14.6 Å². The molecule has 5 nitrogen and oxygen atoms in total. The Kier molecular flexibility index (Phi) is 4.45. The highest BCUT2D eigenvalue weighted by molar-refractivity contribution is 5.88. The summed E-state index contributed by atoms with van der Waals surface area (Å²) in [6.07, 6.45) is 6.31. The summed E-state index contributed by atoms with van der Waals surface area (Å²) in [5, 5.41) is 6.76. The minimum Gasteiger partial charge on any atom is -0.484 e. The molecular weight excluding hydrogens is 242 g/mol. The van der Waals surface area contributed by atoms with Crippen LogP contribution in [-0.4, -0.2) is 43.9 Å². The van der Waals surface area contributed by atoms with Gasteiger partial charge in [0.2, 0.25) is 5.88 Å². The molecule has 0 N–H and O–H groups in total. The average Bonchev–Trinajstić information content (AvgIpc) is 3.28. The monoisotopic (exact) mass is 265 g/mol. The van der Waals surface area contributed by atoms with Gasteiger partial charge in [-0.05, 0) is 25.2 Å². The van der Waals surface area contributed by atoms with Gasteiger partial charge >= 0.3 is 0 Å². The topological polar surface area (TPSA) is 46.4 Å². The number of hydrogen-bond donors (Lipinski definition) is 0. The van der Waals surface area contributed by atoms with Crippen LogP contribution in [0.3, 0.4) is 0 Å². The summed E-state index contributed by atoms with van der Waals surface area (Å²) in [7, 11) is 5.26. The molecule has 0 spiro atoms. The van der Waals surface area contributed by atoms with E-state index in [1.165, 1.54) is 18.6 Å². The second kappa shape index (κ2) is 6.08. The fourth-order valence-corrected chi connectivity index (χ4v) is 2.23. The zero-order valence-corrected chi connectivity index (χ0v) is 12.2. The normalized spacial score (nSPS) is 23.6. The fraction of sp³-hybridized carbons (Fsp3) is 0.714. The molecule has 1 saturated carbocycles. The molecule has 1 heterocycles. The van der Waals surface area contributed by atoms with Gasteiger partial charge in [-0.3, -0.25) is 5.01 Å². The van der Waals surface area contributed by atoms with Crippen LogP contribution in [-0.2, 0) is 9.47 Å². The molecule has 0 radical (unpaired) electrons. The maximum Gasteiger partial charge on any atom is 0.213 e. The van der Waals surface area contributed by atoms with Crippen molar-refractivity contribution >= 4 is 11.6 Å². The van der Waals surface area contributed by atoms with Gasteiger partial charge in [-0.15, -0.1) is 0 Å². The first-order chi connectivity index (χ1) is 9.17. The van der Waals surface area contributed by atoms with Crippen molar-refractivity contribution in [2.24, 2.45) is 16.0 Å². The molecule has 1 unspecified atom stereocenters. The van der Waals surface area contributed by atoms with Crippen molar-refractivity contribution in [1.29, 1.82) is 0 Å². The van der Waals surface area contributed by atoms with Crippen LogP contribution >= 0.6 is 0 Å². The maximum absolute atomic E-state index is 5.25. The number of aliphatic imine (C=N–C) groups is 1. The zero-order valence-electron chi connectivity index (χ0n) is 12.2. The van der Waals surface area contributed by atoms with Crippen LogP contribution in [0.2, 0.25) is 0 Å². The minimum atomic E-state index is 0.141. The van der Waals surface area contributed by atoms with E-state index in [1.54, 1.807) is 14.2 Å². The standard InChI is InChI=1S/C14H23N3O2/c1-5-12(10-6-7-10)16-17(2)11-8-13(18-3)15-14(9-11)19-4/h8,10-11H,5-7,9H2,1-4H3/b16-12+. The predicted octanol–water partition coefficient (Wildman–Crippen LogP) is 2.40. The highest BCUT2D eigenvalue weighted by atomic mass is 16.5. The lowest BCUT2D eigenvalue weighted by molar-refractivity contribution is 0.241. The predicted molar refractivity (Wildman–Crippen MR) is 76.2 cm³/mol. The first-order valence-corrected chi connectivity index (χ1v) is 6.85. The Bertz CT molecular complexity index is 411. The molecular formula is C14H23N3O2. The van der Waals surface area contributed by atoms with Gasteiger partial charge in [-0.2, -0.15) is 10.1 Å². The van der Waals surface area contributed by atoms with E-state index in [1.807, 2.05) is 18.1 Å². The molecule has 1 atom stereocenters. The smallest absolute Gasteiger partial charge is 0.213 e. The Morgan fingerprint density at radius 1 is 1.42 bits per heavy atom. The van der Waals surface area contributed by atoms with Crippen LogP contribution in [0.4, 0.5) is 0 Å². The minimum absolute atomic E-state index is 0.141. The molecule has 0 bridgehead atoms. The van der Waals surface area contributed by atoms with Gasteiger partial charge in [0.25, 0.3) is 0 Å². The van der Waals surface area contributed by atoms with Gasteiger partial charge in [0.05, 0.1) is 20.3 Å². The summed E-state index contributed by atoms with van der Waals surface area (Å²) in [5.41, 5.74) is 1.30. The van der Waals surface area contributed by atoms with Gasteiger partial charge in [0, 0.05) is 25.3 Å². The van der Waals surface area contributed by atoms with E-state index >= 15 is 0 Å². The van der Waals surface area contributed by atoms with E-state index in [9.17, 15) is 0 Å². The van der Waals surface area contributed by atoms with Crippen LogP contribution < -0.4 is 0 Å². The average molecular weight is 265 g/mol. The SMILES string of the molecule is CC/C(=N\N(C)C1C=C(OC)N=C(OC)C1)C1CC1. The molecule has 0 aromatic heterocycles. The fourth-order valence-electron chi connectivity index (χ4n) is 2.23. The molecule has 1 aliphatic carbocycles. The Labute approximate surface area is 115 Å². The van der Waals surface area contributed by atoms with Crippen LogP contribution in [0.25, 0.3) is 0 Å². The van der Waals surface area contributed by atoms with E-state index in [2.05, 4.69) is 11.9 Å². The van der Waals surface area contributed by atoms with Crippen LogP contribution in [0, 0.1) is 5.92 Å². The quantitative estimate of drug-likeness (QED) is 0.566. The zero-order chi connectivity index (χ0) is 13.8. The number of hydrazone groups is 1. The summed E-state index contributed by atoms with van der Waals surface area (Å²) in [6.45, 7) is 2.17. The number of ether oxygens (including phenoxy) is 2. The van der Waals surface area contributed by atoms with Crippen LogP contribution in [0.1, 0.15) is 32.6 Å². The lowest BCUT2D eigenvalue weighted by Crippen LogP contribution is -2.32. The highest BCUT2D eigenvalue weighted by Crippen LogP contribution is 2.32. The summed E-state index contributed by atoms with van der Waals surface area (Å²) >= 11 is 0. The third-order valence-electron chi connectivity index (χ3n) is 3.58. The largest absolute Gasteiger partial charge is 0.484 e. The maximum atomic E-state index is 5.25. The molecule has 5 heteroatoms. The first-order valence-electron chi connectivity index (χ1n) is 6.85. The van der Waals surface area contributed by atoms with Crippen molar-refractivity contribution in [3.05, 3.63) is 12.0 Å². The van der Waals surface area contributed by atoms with Crippen molar-refractivity contribution in [2.75, 3.05) is 21.3 Å². The van der Waals surface area contributed by atoms with Crippen molar-refractivity contribution < 1.29 is 9.47 Å². The van der Waals surface area contributed by atoms with Crippen molar-refractivity contribution in [1.82, 2.24) is 5.01 Å². The van der Waals surface area contributed by atoms with Gasteiger partial charge in [-0.25, -0.2) is 0 Å². The third-order valence-corrected chi connectivity index (χ3v) is 3.58. The van der Waals surface area contributed by atoms with E-state index in [0.717, 1.165) is 12.8 Å². The lowest BCUT2D eigenvalue weighted by atomic mass is 10.1. The third kappa shape index (κ3) is 3.49. The summed E-state index contributed by atoms with van der Waals surface area (Å²) in [4.78, 5) is 4.26. The Morgan fingerprint density at radius 2 is 2.16 bits per heavy atom. The van der Waals surface area contributed by atoms with Gasteiger partial charge in [0.15, 0.2) is 5.90 Å². The molecule has 1 fully saturated rings. The molecule has 0 amide bonds. The van der Waals surface area contributed by atoms with Crippen molar-refractivity contribution in [3.63, 3.8) is 0 Å². The van der Waals surface area contributed by atoms with Gasteiger partial charge in [-0.1, -0.05) is 6.92 Å². The Hall–Kier alpha value is -1.52. The van der Waals surface area contributed by atoms with Gasteiger partial charge in [0.1, 0.15) is 0 Å². The second-order valence-electron chi connectivity index (χ2n) is 4.98. The molecule has 0 saturated heterocycles. The van der Waals surface area contributed by atoms with E-state index < -0.39 is 0 Å². The molecule has 2 aliphatic rings. The summed E-state index contributed by atoms with van der Waals surface area (Å²) in [6, 6.07) is 0.141. The Morgan fingerprint density at radius 3 is 2.68 bits per heavy atom. The molecule has 0 aromatic rings. The number of methoxy groups -OCH3 is 2. The molecule has 106 valence electrons. The van der Waals surface area contributed by atoms with Gasteiger partial charge < -0.3 is 9.47 Å². The second-order valence-corrected chi connectivity index (χ2v) is 4.98. The number of hydrogen-bond acceptors (Lipinski definition) is 5. The molecule has 19 heavy (non-hydrogen) atoms. The van der Waals surface area contributed by atoms with Crippen molar-refractivity contribution in [2.45, 2.75) is 38.6 Å².